The first-order chi connectivity index (χ1) is 15.1. The van der Waals surface area contributed by atoms with E-state index in [1.54, 1.807) is 54.8 Å². The van der Waals surface area contributed by atoms with Crippen LogP contribution in [0.25, 0.3) is 12.2 Å². The van der Waals surface area contributed by atoms with Crippen molar-refractivity contribution in [2.75, 3.05) is 26.3 Å². The lowest BCUT2D eigenvalue weighted by Gasteiger charge is -2.41. The van der Waals surface area contributed by atoms with Crippen LogP contribution in [0.4, 0.5) is 5.69 Å². The Balaban J connectivity index is 1.95. The molecule has 1 amide bonds. The quantitative estimate of drug-likeness (QED) is 0.566. The van der Waals surface area contributed by atoms with Crippen molar-refractivity contribution in [3.8, 4) is 5.75 Å². The first kappa shape index (κ1) is 20.9. The highest BCUT2D eigenvalue weighted by Gasteiger charge is 2.51. The molecule has 160 valence electrons. The van der Waals surface area contributed by atoms with Gasteiger partial charge in [-0.25, -0.2) is 0 Å². The van der Waals surface area contributed by atoms with Gasteiger partial charge in [0.1, 0.15) is 11.5 Å². The summed E-state index contributed by atoms with van der Waals surface area (Å²) >= 11 is 0. The van der Waals surface area contributed by atoms with Crippen molar-refractivity contribution in [2.45, 2.75) is 11.7 Å². The number of methoxy groups -OCH3 is 2. The van der Waals surface area contributed by atoms with Gasteiger partial charge in [-0.15, -0.1) is 0 Å². The number of ether oxygens (including phenoxy) is 3. The second-order valence-electron chi connectivity index (χ2n) is 7.04. The second-order valence-corrected chi connectivity index (χ2v) is 7.04. The van der Waals surface area contributed by atoms with Crippen LogP contribution in [0.5, 0.6) is 5.75 Å². The third-order valence-corrected chi connectivity index (χ3v) is 5.19. The summed E-state index contributed by atoms with van der Waals surface area (Å²) in [5.74, 6) is 0.588. The normalized spacial score (nSPS) is 20.5. The van der Waals surface area contributed by atoms with Gasteiger partial charge in [0.15, 0.2) is 18.5 Å². The van der Waals surface area contributed by atoms with E-state index in [-0.39, 0.29) is 6.79 Å². The van der Waals surface area contributed by atoms with Gasteiger partial charge in [-0.3, -0.25) is 4.79 Å². The summed E-state index contributed by atoms with van der Waals surface area (Å²) < 4.78 is 21.9. The SMILES string of the molecule is COCOc1c(/C=C/c2ccco2)ccc2c1C(O)(c1ccccc1)C(OC)C(=O)N2. The van der Waals surface area contributed by atoms with Crippen molar-refractivity contribution < 1.29 is 28.5 Å². The number of anilines is 1. The minimum atomic E-state index is -1.79. The lowest BCUT2D eigenvalue weighted by molar-refractivity contribution is -0.142. The Kier molecular flexibility index (Phi) is 5.90. The largest absolute Gasteiger partial charge is 0.466 e. The van der Waals surface area contributed by atoms with Gasteiger partial charge in [-0.2, -0.15) is 0 Å². The van der Waals surface area contributed by atoms with Gasteiger partial charge in [0.2, 0.25) is 0 Å². The zero-order valence-corrected chi connectivity index (χ0v) is 17.2. The number of hydrogen-bond donors (Lipinski definition) is 2. The summed E-state index contributed by atoms with van der Waals surface area (Å²) in [5, 5.41) is 14.8. The molecule has 0 fully saturated rings. The molecule has 2 aromatic carbocycles. The molecule has 0 bridgehead atoms. The molecule has 2 N–H and O–H groups in total. The van der Waals surface area contributed by atoms with Crippen LogP contribution in [-0.2, 0) is 19.9 Å². The highest BCUT2D eigenvalue weighted by Crippen LogP contribution is 2.48. The van der Waals surface area contributed by atoms with Gasteiger partial charge in [0.05, 0.1) is 17.5 Å². The molecule has 4 rings (SSSR count). The van der Waals surface area contributed by atoms with Crippen LogP contribution in [0.15, 0.2) is 65.3 Å². The minimum Gasteiger partial charge on any atom is -0.466 e. The molecular formula is C24H23NO6. The summed E-state index contributed by atoms with van der Waals surface area (Å²) in [6.45, 7) is -0.0471. The van der Waals surface area contributed by atoms with E-state index in [9.17, 15) is 9.90 Å². The molecule has 0 saturated carbocycles. The van der Waals surface area contributed by atoms with Gasteiger partial charge in [-0.1, -0.05) is 30.3 Å². The van der Waals surface area contributed by atoms with Crippen LogP contribution >= 0.6 is 0 Å². The molecule has 0 spiro atoms. The molecule has 0 saturated heterocycles. The highest BCUT2D eigenvalue weighted by molar-refractivity contribution is 6.01. The summed E-state index contributed by atoms with van der Waals surface area (Å²) in [5.41, 5.74) is 0.222. The van der Waals surface area contributed by atoms with E-state index in [0.29, 0.717) is 33.9 Å². The molecular weight excluding hydrogens is 398 g/mol. The maximum Gasteiger partial charge on any atom is 0.257 e. The summed E-state index contributed by atoms with van der Waals surface area (Å²) in [6.07, 6.45) is 4.00. The van der Waals surface area contributed by atoms with Gasteiger partial charge in [0, 0.05) is 19.8 Å². The van der Waals surface area contributed by atoms with Crippen molar-refractivity contribution in [3.63, 3.8) is 0 Å². The number of hydrogen-bond acceptors (Lipinski definition) is 6. The predicted molar refractivity (Wildman–Crippen MR) is 115 cm³/mol. The van der Waals surface area contributed by atoms with E-state index in [2.05, 4.69) is 5.32 Å². The molecule has 7 nitrogen and oxygen atoms in total. The Hall–Kier alpha value is -3.39. The number of nitrogens with one attached hydrogen (secondary N) is 1. The molecule has 1 aliphatic rings. The van der Waals surface area contributed by atoms with Crippen LogP contribution in [0.3, 0.4) is 0 Å². The number of benzene rings is 2. The number of amides is 1. The summed E-state index contributed by atoms with van der Waals surface area (Å²) in [4.78, 5) is 12.8. The van der Waals surface area contributed by atoms with E-state index < -0.39 is 17.6 Å². The maximum atomic E-state index is 12.8. The third kappa shape index (κ3) is 3.74. The highest BCUT2D eigenvalue weighted by atomic mass is 16.7. The van der Waals surface area contributed by atoms with Gasteiger partial charge >= 0.3 is 0 Å². The van der Waals surface area contributed by atoms with Crippen LogP contribution in [0, 0.1) is 0 Å². The molecule has 1 aliphatic heterocycles. The van der Waals surface area contributed by atoms with Crippen molar-refractivity contribution in [2.24, 2.45) is 0 Å². The molecule has 0 radical (unpaired) electrons. The lowest BCUT2D eigenvalue weighted by atomic mass is 9.76. The molecule has 0 aliphatic carbocycles. The average molecular weight is 421 g/mol. The molecule has 2 atom stereocenters. The van der Waals surface area contributed by atoms with Crippen molar-refractivity contribution >= 4 is 23.7 Å². The van der Waals surface area contributed by atoms with Crippen molar-refractivity contribution in [1.82, 2.24) is 0 Å². The van der Waals surface area contributed by atoms with Crippen LogP contribution in [-0.4, -0.2) is 38.1 Å². The Labute approximate surface area is 179 Å². The number of furan rings is 1. The van der Waals surface area contributed by atoms with E-state index >= 15 is 0 Å². The van der Waals surface area contributed by atoms with Crippen LogP contribution in [0.1, 0.15) is 22.5 Å². The topological polar surface area (TPSA) is 90.2 Å². The monoisotopic (exact) mass is 421 g/mol. The fraction of sp³-hybridized carbons (Fsp3) is 0.208. The molecule has 2 heterocycles. The van der Waals surface area contributed by atoms with Crippen molar-refractivity contribution in [3.05, 3.63) is 83.3 Å². The van der Waals surface area contributed by atoms with E-state index in [1.807, 2.05) is 18.2 Å². The fourth-order valence-electron chi connectivity index (χ4n) is 3.83. The zero-order chi connectivity index (χ0) is 21.8. The first-order valence-electron chi connectivity index (χ1n) is 9.72. The number of rotatable bonds is 7. The van der Waals surface area contributed by atoms with E-state index in [1.165, 1.54) is 14.2 Å². The summed E-state index contributed by atoms with van der Waals surface area (Å²) in [6, 6.07) is 16.1. The fourth-order valence-corrected chi connectivity index (χ4v) is 3.83. The predicted octanol–water partition coefficient (Wildman–Crippen LogP) is 3.64. The number of carbonyl (C=O) groups excluding carboxylic acids is 1. The smallest absolute Gasteiger partial charge is 0.257 e. The van der Waals surface area contributed by atoms with Gasteiger partial charge in [-0.05, 0) is 42.0 Å². The Morgan fingerprint density at radius 3 is 2.58 bits per heavy atom. The average Bonchev–Trinajstić information content (AvgIpc) is 3.31. The van der Waals surface area contributed by atoms with Crippen LogP contribution < -0.4 is 10.1 Å². The third-order valence-electron chi connectivity index (χ3n) is 5.19. The molecule has 1 aromatic heterocycles. The second kappa shape index (κ2) is 8.77. The Morgan fingerprint density at radius 1 is 1.10 bits per heavy atom. The minimum absolute atomic E-state index is 0.0471. The van der Waals surface area contributed by atoms with E-state index in [4.69, 9.17) is 18.6 Å². The molecule has 7 heteroatoms. The van der Waals surface area contributed by atoms with Gasteiger partial charge in [0.25, 0.3) is 5.91 Å². The molecule has 2 unspecified atom stereocenters. The van der Waals surface area contributed by atoms with Crippen molar-refractivity contribution in [1.29, 1.82) is 0 Å². The van der Waals surface area contributed by atoms with E-state index in [0.717, 1.165) is 0 Å². The molecule has 31 heavy (non-hydrogen) atoms. The lowest BCUT2D eigenvalue weighted by Crippen LogP contribution is -2.53. The number of aliphatic hydroxyl groups is 1. The number of carbonyl (C=O) groups is 1. The van der Waals surface area contributed by atoms with Crippen LogP contribution in [0.2, 0.25) is 0 Å². The molecule has 3 aromatic rings. The van der Waals surface area contributed by atoms with Gasteiger partial charge < -0.3 is 29.1 Å². The summed E-state index contributed by atoms with van der Waals surface area (Å²) in [7, 11) is 2.90. The zero-order valence-electron chi connectivity index (χ0n) is 17.2. The Bertz CT molecular complexity index is 1080. The standard InChI is InChI=1S/C24H23NO6/c1-28-15-31-21-16(10-12-18-9-6-14-30-18)11-13-19-20(21)24(27,17-7-4-3-5-8-17)22(29-2)23(26)25-19/h3-14,22,27H,15H2,1-2H3,(H,25,26)/b12-10+. The Morgan fingerprint density at radius 2 is 1.90 bits per heavy atom. The maximum absolute atomic E-state index is 12.8. The number of fused-ring (bicyclic) bond motifs is 1. The first-order valence-corrected chi connectivity index (χ1v) is 9.72.